The lowest BCUT2D eigenvalue weighted by Gasteiger charge is -2.21. The number of aromatic hydroxyl groups is 1. The smallest absolute Gasteiger partial charge is 0.342 e. The predicted molar refractivity (Wildman–Crippen MR) is 148 cm³/mol. The fourth-order valence-electron chi connectivity index (χ4n) is 4.62. The first kappa shape index (κ1) is 30.3. The summed E-state index contributed by atoms with van der Waals surface area (Å²) < 4.78 is 21.8. The first-order chi connectivity index (χ1) is 18.7. The van der Waals surface area contributed by atoms with Gasteiger partial charge in [-0.25, -0.2) is 4.79 Å². The molecule has 0 saturated heterocycles. The van der Waals surface area contributed by atoms with E-state index in [1.807, 2.05) is 39.0 Å². The van der Waals surface area contributed by atoms with Gasteiger partial charge < -0.3 is 24.7 Å². The molecule has 0 saturated carbocycles. The third kappa shape index (κ3) is 7.24. The summed E-state index contributed by atoms with van der Waals surface area (Å²) in [5.41, 5.74) is 5.94. The number of phenols is 1. The highest BCUT2D eigenvalue weighted by molar-refractivity contribution is 7.20. The standard InChI is InChI=1S/C29H37N2O7P/c1-6-22-19(4)24-17-37-29(34)26(24)27(32)23(22)13-12-18(3)16-30-15-14-21-10-8-9-11-25(21)38-31(39-35)20(5)28(33)36-7-2/h8-12,20,30,32H,6-7,13-17H2,1-5H3. The third-order valence-electron chi connectivity index (χ3n) is 6.83. The summed E-state index contributed by atoms with van der Waals surface area (Å²) in [6, 6.07) is 6.56. The predicted octanol–water partition coefficient (Wildman–Crippen LogP) is 5.01. The molecule has 0 radical (unpaired) electrons. The molecule has 1 unspecified atom stereocenters. The van der Waals surface area contributed by atoms with Crippen LogP contribution in [0.5, 0.6) is 11.5 Å². The van der Waals surface area contributed by atoms with Gasteiger partial charge in [0, 0.05) is 17.7 Å². The number of hydroxylamine groups is 1. The number of ether oxygens (including phenoxy) is 2. The Kier molecular flexibility index (Phi) is 11.0. The highest BCUT2D eigenvalue weighted by Crippen LogP contribution is 2.38. The average Bonchev–Trinajstić information content (AvgIpc) is 3.33. The second kappa shape index (κ2) is 14.2. The van der Waals surface area contributed by atoms with Crippen LogP contribution in [0.1, 0.15) is 65.9 Å². The number of para-hydroxylation sites is 1. The molecule has 0 aromatic heterocycles. The van der Waals surface area contributed by atoms with Gasteiger partial charge in [0.05, 0.1) is 6.61 Å². The van der Waals surface area contributed by atoms with Crippen LogP contribution in [-0.2, 0) is 44.7 Å². The summed E-state index contributed by atoms with van der Waals surface area (Å²) in [4.78, 5) is 31.0. The third-order valence-corrected chi connectivity index (χ3v) is 7.42. The maximum atomic E-state index is 12.2. The first-order valence-corrected chi connectivity index (χ1v) is 13.9. The van der Waals surface area contributed by atoms with Crippen LogP contribution >= 0.6 is 8.61 Å². The molecule has 2 aromatic rings. The number of allylic oxidation sites excluding steroid dienone is 1. The van der Waals surface area contributed by atoms with Gasteiger partial charge in [0.2, 0.25) is 0 Å². The molecular formula is C29H37N2O7P. The molecule has 10 heteroatoms. The molecule has 0 aliphatic carbocycles. The van der Waals surface area contributed by atoms with Crippen LogP contribution < -0.4 is 10.2 Å². The number of hydrogen-bond donors (Lipinski definition) is 2. The van der Waals surface area contributed by atoms with Crippen LogP contribution in [0.25, 0.3) is 0 Å². The van der Waals surface area contributed by atoms with Gasteiger partial charge in [-0.05, 0) is 81.1 Å². The minimum Gasteiger partial charge on any atom is -0.507 e. The van der Waals surface area contributed by atoms with E-state index in [9.17, 15) is 19.3 Å². The molecule has 0 spiro atoms. The van der Waals surface area contributed by atoms with Gasteiger partial charge >= 0.3 is 11.9 Å². The number of fused-ring (bicyclic) bond motifs is 1. The number of carbonyl (C=O) groups is 2. The highest BCUT2D eigenvalue weighted by Gasteiger charge is 2.31. The molecule has 0 bridgehead atoms. The molecule has 1 aliphatic rings. The maximum Gasteiger partial charge on any atom is 0.342 e. The van der Waals surface area contributed by atoms with Crippen LogP contribution in [0, 0.1) is 6.92 Å². The van der Waals surface area contributed by atoms with Crippen LogP contribution in [0.4, 0.5) is 0 Å². The second-order valence-corrected chi connectivity index (χ2v) is 9.96. The Labute approximate surface area is 231 Å². The fraction of sp³-hybridized carbons (Fsp3) is 0.448. The number of rotatable bonds is 14. The van der Waals surface area contributed by atoms with E-state index >= 15 is 0 Å². The topological polar surface area (TPSA) is 114 Å². The van der Waals surface area contributed by atoms with Gasteiger partial charge in [-0.2, -0.15) is 0 Å². The molecule has 210 valence electrons. The lowest BCUT2D eigenvalue weighted by atomic mass is 9.89. The van der Waals surface area contributed by atoms with Crippen molar-refractivity contribution in [2.24, 2.45) is 0 Å². The Morgan fingerprint density at radius 2 is 2.03 bits per heavy atom. The number of benzene rings is 2. The van der Waals surface area contributed by atoms with E-state index in [0.29, 0.717) is 37.2 Å². The first-order valence-electron chi connectivity index (χ1n) is 13.2. The Bertz CT molecular complexity index is 1240. The van der Waals surface area contributed by atoms with Gasteiger partial charge in [0.25, 0.3) is 8.61 Å². The zero-order valence-electron chi connectivity index (χ0n) is 23.2. The number of nitrogens with one attached hydrogen (secondary N) is 1. The van der Waals surface area contributed by atoms with E-state index in [2.05, 4.69) is 11.4 Å². The summed E-state index contributed by atoms with van der Waals surface area (Å²) in [5, 5.41) is 14.3. The lowest BCUT2D eigenvalue weighted by molar-refractivity contribution is -0.153. The molecule has 2 aromatic carbocycles. The molecule has 0 amide bonds. The van der Waals surface area contributed by atoms with Crippen LogP contribution in [0.15, 0.2) is 35.9 Å². The van der Waals surface area contributed by atoms with Gasteiger partial charge in [0.1, 0.15) is 17.9 Å². The summed E-state index contributed by atoms with van der Waals surface area (Å²) >= 11 is 0. The molecule has 39 heavy (non-hydrogen) atoms. The average molecular weight is 557 g/mol. The van der Waals surface area contributed by atoms with Crippen molar-refractivity contribution in [2.75, 3.05) is 19.7 Å². The molecule has 1 heterocycles. The molecule has 1 aliphatic heterocycles. The zero-order valence-corrected chi connectivity index (χ0v) is 24.1. The van der Waals surface area contributed by atoms with Crippen molar-refractivity contribution in [3.63, 3.8) is 0 Å². The van der Waals surface area contributed by atoms with E-state index in [1.54, 1.807) is 19.9 Å². The van der Waals surface area contributed by atoms with Crippen molar-refractivity contribution < 1.29 is 33.6 Å². The molecule has 3 rings (SSSR count). The minimum atomic E-state index is -0.837. The largest absolute Gasteiger partial charge is 0.507 e. The monoisotopic (exact) mass is 556 g/mol. The van der Waals surface area contributed by atoms with E-state index in [-0.39, 0.29) is 19.0 Å². The quantitative estimate of drug-likeness (QED) is 0.109. The summed E-state index contributed by atoms with van der Waals surface area (Å²) in [6.45, 7) is 11.1. The Balaban J connectivity index is 1.59. The van der Waals surface area contributed by atoms with Gasteiger partial charge in [-0.1, -0.05) is 36.8 Å². The van der Waals surface area contributed by atoms with Crippen molar-refractivity contribution in [3.05, 3.63) is 69.3 Å². The van der Waals surface area contributed by atoms with E-state index in [4.69, 9.17) is 14.3 Å². The van der Waals surface area contributed by atoms with Crippen molar-refractivity contribution >= 4 is 20.5 Å². The summed E-state index contributed by atoms with van der Waals surface area (Å²) in [7, 11) is -0.449. The second-order valence-electron chi connectivity index (χ2n) is 9.41. The van der Waals surface area contributed by atoms with Gasteiger partial charge in [-0.3, -0.25) is 9.36 Å². The van der Waals surface area contributed by atoms with Gasteiger partial charge in [0.15, 0.2) is 11.8 Å². The number of hydrogen-bond acceptors (Lipinski definition) is 8. The minimum absolute atomic E-state index is 0.0346. The molecular weight excluding hydrogens is 519 g/mol. The van der Waals surface area contributed by atoms with Crippen molar-refractivity contribution in [1.82, 2.24) is 10.2 Å². The SMILES string of the molecule is CCOC(=O)C(C)N(Oc1ccccc1CCNCC(C)=CCc1c(O)c2c(c(C)c1CC)COC2=O)P=O. The number of esters is 2. The van der Waals surface area contributed by atoms with E-state index < -0.39 is 26.6 Å². The fourth-order valence-corrected chi connectivity index (χ4v) is 4.98. The highest BCUT2D eigenvalue weighted by atomic mass is 31.1. The Hall–Kier alpha value is -3.26. The number of cyclic esters (lactones) is 1. The van der Waals surface area contributed by atoms with Crippen molar-refractivity contribution in [1.29, 1.82) is 0 Å². The lowest BCUT2D eigenvalue weighted by Crippen LogP contribution is -2.36. The summed E-state index contributed by atoms with van der Waals surface area (Å²) in [5.74, 6) is -0.433. The van der Waals surface area contributed by atoms with E-state index in [0.717, 1.165) is 44.6 Å². The van der Waals surface area contributed by atoms with Crippen LogP contribution in [0.3, 0.4) is 0 Å². The maximum absolute atomic E-state index is 12.2. The normalized spacial score (nSPS) is 13.9. The van der Waals surface area contributed by atoms with Gasteiger partial charge in [-0.15, -0.1) is 0 Å². The molecule has 1 atom stereocenters. The zero-order chi connectivity index (χ0) is 28.5. The van der Waals surface area contributed by atoms with Crippen LogP contribution in [0.2, 0.25) is 0 Å². The molecule has 2 N–H and O–H groups in total. The number of phenolic OH excluding ortho intramolecular Hbond substituents is 1. The molecule has 9 nitrogen and oxygen atoms in total. The molecule has 0 fully saturated rings. The van der Waals surface area contributed by atoms with E-state index in [1.165, 1.54) is 0 Å². The Morgan fingerprint density at radius 3 is 2.72 bits per heavy atom. The van der Waals surface area contributed by atoms with Crippen molar-refractivity contribution in [2.45, 2.75) is 66.5 Å². The van der Waals surface area contributed by atoms with Crippen molar-refractivity contribution in [3.8, 4) is 11.5 Å². The Morgan fingerprint density at radius 1 is 1.28 bits per heavy atom. The summed E-state index contributed by atoms with van der Waals surface area (Å²) in [6.07, 6.45) is 3.98. The number of nitrogens with zero attached hydrogens (tertiary/aromatic N) is 1. The van der Waals surface area contributed by atoms with Crippen LogP contribution in [-0.4, -0.2) is 47.6 Å². The number of carbonyl (C=O) groups excluding carboxylic acids is 2.